The predicted octanol–water partition coefficient (Wildman–Crippen LogP) is 1.48. The molecule has 2 rings (SSSR count). The van der Waals surface area contributed by atoms with Gasteiger partial charge in [0.1, 0.15) is 0 Å². The summed E-state index contributed by atoms with van der Waals surface area (Å²) in [6.07, 6.45) is 0.141. The maximum absolute atomic E-state index is 12.5. The SMILES string of the molecule is CN1CCN(C(=O)Cc2ccccc2C(=O)O)CC1(C)C. The molecule has 0 spiro atoms. The second kappa shape index (κ2) is 5.85. The number of rotatable bonds is 3. The Morgan fingerprint density at radius 3 is 2.52 bits per heavy atom. The smallest absolute Gasteiger partial charge is 0.335 e. The van der Waals surface area contributed by atoms with Gasteiger partial charge >= 0.3 is 5.97 Å². The number of piperazine rings is 1. The number of carbonyl (C=O) groups is 2. The van der Waals surface area contributed by atoms with Crippen molar-refractivity contribution in [3.8, 4) is 0 Å². The average molecular weight is 290 g/mol. The van der Waals surface area contributed by atoms with Crippen molar-refractivity contribution in [3.63, 3.8) is 0 Å². The Bertz CT molecular complexity index is 554. The highest BCUT2D eigenvalue weighted by Crippen LogP contribution is 2.20. The standard InChI is InChI=1S/C16H22N2O3/c1-16(2)11-18(9-8-17(16)3)14(19)10-12-6-4-5-7-13(12)15(20)21/h4-7H,8-11H2,1-3H3,(H,20,21). The van der Waals surface area contributed by atoms with E-state index in [-0.39, 0.29) is 23.4 Å². The molecule has 114 valence electrons. The van der Waals surface area contributed by atoms with Crippen LogP contribution in [0.4, 0.5) is 0 Å². The van der Waals surface area contributed by atoms with E-state index in [1.54, 1.807) is 24.3 Å². The van der Waals surface area contributed by atoms with Crippen LogP contribution in [0, 0.1) is 0 Å². The third kappa shape index (κ3) is 3.42. The van der Waals surface area contributed by atoms with Crippen LogP contribution >= 0.6 is 0 Å². The Morgan fingerprint density at radius 1 is 1.24 bits per heavy atom. The van der Waals surface area contributed by atoms with Crippen LogP contribution in [0.25, 0.3) is 0 Å². The van der Waals surface area contributed by atoms with Gasteiger partial charge in [0.2, 0.25) is 5.91 Å². The van der Waals surface area contributed by atoms with Crippen LogP contribution in [0.2, 0.25) is 0 Å². The minimum absolute atomic E-state index is 0.00937. The summed E-state index contributed by atoms with van der Waals surface area (Å²) in [6, 6.07) is 6.70. The van der Waals surface area contributed by atoms with Crippen molar-refractivity contribution in [1.82, 2.24) is 9.80 Å². The van der Waals surface area contributed by atoms with Crippen LogP contribution in [0.5, 0.6) is 0 Å². The minimum Gasteiger partial charge on any atom is -0.478 e. The molecule has 5 heteroatoms. The van der Waals surface area contributed by atoms with Crippen molar-refractivity contribution in [2.75, 3.05) is 26.7 Å². The van der Waals surface area contributed by atoms with Crippen molar-refractivity contribution in [1.29, 1.82) is 0 Å². The number of amides is 1. The largest absolute Gasteiger partial charge is 0.478 e. The lowest BCUT2D eigenvalue weighted by Crippen LogP contribution is -2.59. The van der Waals surface area contributed by atoms with Crippen LogP contribution in [0.1, 0.15) is 29.8 Å². The molecule has 5 nitrogen and oxygen atoms in total. The zero-order valence-electron chi connectivity index (χ0n) is 12.8. The van der Waals surface area contributed by atoms with Gasteiger partial charge in [0.15, 0.2) is 0 Å². The van der Waals surface area contributed by atoms with E-state index in [0.29, 0.717) is 18.7 Å². The molecule has 0 bridgehead atoms. The molecule has 1 fully saturated rings. The number of carbonyl (C=O) groups excluding carboxylic acids is 1. The molecular formula is C16H22N2O3. The predicted molar refractivity (Wildman–Crippen MR) is 80.4 cm³/mol. The first-order valence-electron chi connectivity index (χ1n) is 7.11. The topological polar surface area (TPSA) is 60.9 Å². The maximum Gasteiger partial charge on any atom is 0.335 e. The van der Waals surface area contributed by atoms with E-state index in [9.17, 15) is 14.7 Å². The highest BCUT2D eigenvalue weighted by Gasteiger charge is 2.33. The lowest BCUT2D eigenvalue weighted by molar-refractivity contribution is -0.135. The zero-order chi connectivity index (χ0) is 15.6. The van der Waals surface area contributed by atoms with Crippen LogP contribution in [0.3, 0.4) is 0 Å². The summed E-state index contributed by atoms with van der Waals surface area (Å²) in [5.74, 6) is -0.998. The van der Waals surface area contributed by atoms with E-state index >= 15 is 0 Å². The normalized spacial score (nSPS) is 18.5. The number of nitrogens with zero attached hydrogens (tertiary/aromatic N) is 2. The number of likely N-dealkylation sites (N-methyl/N-ethyl adjacent to an activating group) is 1. The molecule has 0 aliphatic carbocycles. The number of hydrogen-bond acceptors (Lipinski definition) is 3. The van der Waals surface area contributed by atoms with Gasteiger partial charge in [-0.2, -0.15) is 0 Å². The summed E-state index contributed by atoms with van der Waals surface area (Å²) in [5, 5.41) is 9.18. The second-order valence-corrected chi connectivity index (χ2v) is 6.19. The molecule has 1 N–H and O–H groups in total. The van der Waals surface area contributed by atoms with E-state index in [1.807, 2.05) is 4.90 Å². The molecule has 1 heterocycles. The van der Waals surface area contributed by atoms with Gasteiger partial charge in [-0.15, -0.1) is 0 Å². The van der Waals surface area contributed by atoms with Gasteiger partial charge < -0.3 is 10.0 Å². The Kier molecular flexibility index (Phi) is 4.32. The summed E-state index contributed by atoms with van der Waals surface area (Å²) in [5.41, 5.74) is 0.728. The number of aromatic carboxylic acids is 1. The fraction of sp³-hybridized carbons (Fsp3) is 0.500. The third-order valence-corrected chi connectivity index (χ3v) is 4.26. The average Bonchev–Trinajstić information content (AvgIpc) is 2.42. The molecule has 0 radical (unpaired) electrons. The lowest BCUT2D eigenvalue weighted by Gasteiger charge is -2.45. The van der Waals surface area contributed by atoms with Crippen LogP contribution in [-0.4, -0.2) is 59.0 Å². The van der Waals surface area contributed by atoms with Crippen LogP contribution in [0.15, 0.2) is 24.3 Å². The van der Waals surface area contributed by atoms with Crippen molar-refractivity contribution >= 4 is 11.9 Å². The lowest BCUT2D eigenvalue weighted by atomic mass is 9.98. The third-order valence-electron chi connectivity index (χ3n) is 4.26. The van der Waals surface area contributed by atoms with Gasteiger partial charge in [-0.25, -0.2) is 4.79 Å². The van der Waals surface area contributed by atoms with Crippen LogP contribution < -0.4 is 0 Å². The van der Waals surface area contributed by atoms with Crippen LogP contribution in [-0.2, 0) is 11.2 Å². The Hall–Kier alpha value is -1.88. The highest BCUT2D eigenvalue weighted by molar-refractivity contribution is 5.91. The van der Waals surface area contributed by atoms with E-state index in [4.69, 9.17) is 0 Å². The molecule has 1 aliphatic heterocycles. The molecule has 0 aromatic heterocycles. The van der Waals surface area contributed by atoms with E-state index in [2.05, 4.69) is 25.8 Å². The summed E-state index contributed by atoms with van der Waals surface area (Å²) in [7, 11) is 2.06. The molecule has 1 aromatic rings. The molecule has 1 amide bonds. The van der Waals surface area contributed by atoms with Crippen molar-refractivity contribution in [3.05, 3.63) is 35.4 Å². The number of benzene rings is 1. The Balaban J connectivity index is 2.11. The van der Waals surface area contributed by atoms with Gasteiger partial charge in [-0.05, 0) is 32.5 Å². The maximum atomic E-state index is 12.5. The first kappa shape index (κ1) is 15.5. The quantitative estimate of drug-likeness (QED) is 0.916. The van der Waals surface area contributed by atoms with Gasteiger partial charge in [0, 0.05) is 25.2 Å². The van der Waals surface area contributed by atoms with E-state index < -0.39 is 5.97 Å². The van der Waals surface area contributed by atoms with E-state index in [0.717, 1.165) is 6.54 Å². The number of carboxylic acid groups (broad SMARTS) is 1. The first-order chi connectivity index (χ1) is 9.81. The molecule has 1 saturated heterocycles. The molecule has 1 aliphatic rings. The van der Waals surface area contributed by atoms with Crippen molar-refractivity contribution in [2.24, 2.45) is 0 Å². The Labute approximate surface area is 125 Å². The Morgan fingerprint density at radius 2 is 1.90 bits per heavy atom. The molecule has 1 aromatic carbocycles. The summed E-state index contributed by atoms with van der Waals surface area (Å²) < 4.78 is 0. The first-order valence-corrected chi connectivity index (χ1v) is 7.11. The monoisotopic (exact) mass is 290 g/mol. The summed E-state index contributed by atoms with van der Waals surface area (Å²) in [6.45, 7) is 6.40. The van der Waals surface area contributed by atoms with Gasteiger partial charge in [-0.1, -0.05) is 18.2 Å². The minimum atomic E-state index is -0.989. The fourth-order valence-corrected chi connectivity index (χ4v) is 2.61. The van der Waals surface area contributed by atoms with E-state index in [1.165, 1.54) is 0 Å². The number of carboxylic acids is 1. The zero-order valence-corrected chi connectivity index (χ0v) is 12.8. The second-order valence-electron chi connectivity index (χ2n) is 6.19. The molecule has 0 unspecified atom stereocenters. The van der Waals surface area contributed by atoms with Crippen molar-refractivity contribution < 1.29 is 14.7 Å². The number of hydrogen-bond donors (Lipinski definition) is 1. The molecular weight excluding hydrogens is 268 g/mol. The van der Waals surface area contributed by atoms with Gasteiger partial charge in [0.25, 0.3) is 0 Å². The van der Waals surface area contributed by atoms with Gasteiger partial charge in [0.05, 0.1) is 12.0 Å². The highest BCUT2D eigenvalue weighted by atomic mass is 16.4. The van der Waals surface area contributed by atoms with Gasteiger partial charge in [-0.3, -0.25) is 9.69 Å². The molecule has 0 saturated carbocycles. The summed E-state index contributed by atoms with van der Waals surface area (Å²) >= 11 is 0. The molecule has 0 atom stereocenters. The van der Waals surface area contributed by atoms with Crippen molar-refractivity contribution in [2.45, 2.75) is 25.8 Å². The molecule has 21 heavy (non-hydrogen) atoms. The summed E-state index contributed by atoms with van der Waals surface area (Å²) in [4.78, 5) is 27.7. The fourth-order valence-electron chi connectivity index (χ4n) is 2.61.